The molecule has 3 atom stereocenters. The second-order valence-electron chi connectivity index (χ2n) is 11.0. The van der Waals surface area contributed by atoms with Gasteiger partial charge in [0.1, 0.15) is 11.5 Å². The molecular weight excluding hydrogens is 497 g/mol. The number of ether oxygens (including phenoxy) is 1. The number of phenols is 1. The zero-order valence-electron chi connectivity index (χ0n) is 21.1. The predicted octanol–water partition coefficient (Wildman–Crippen LogP) is 4.76. The van der Waals surface area contributed by atoms with Crippen LogP contribution in [0.2, 0.25) is 0 Å². The number of rotatable bonds is 7. The van der Waals surface area contributed by atoms with Crippen molar-refractivity contribution in [2.45, 2.75) is 61.9 Å². The highest BCUT2D eigenvalue weighted by molar-refractivity contribution is 5.92. The van der Waals surface area contributed by atoms with E-state index in [0.717, 1.165) is 24.6 Å². The lowest BCUT2D eigenvalue weighted by atomic mass is 9.55. The highest BCUT2D eigenvalue weighted by atomic mass is 19.4. The van der Waals surface area contributed by atoms with Gasteiger partial charge in [-0.3, -0.25) is 4.79 Å². The summed E-state index contributed by atoms with van der Waals surface area (Å²) in [6.07, 6.45) is 2.79. The Morgan fingerprint density at radius 1 is 1.13 bits per heavy atom. The lowest BCUT2D eigenvalue weighted by Gasteiger charge is -2.58. The summed E-state index contributed by atoms with van der Waals surface area (Å²) in [6.45, 7) is 2.40. The normalized spacial score (nSPS) is 28.2. The third-order valence-corrected chi connectivity index (χ3v) is 8.21. The van der Waals surface area contributed by atoms with Crippen LogP contribution in [0.3, 0.4) is 0 Å². The van der Waals surface area contributed by atoms with E-state index in [1.165, 1.54) is 43.2 Å². The Kier molecular flexibility index (Phi) is 7.17. The van der Waals surface area contributed by atoms with Crippen LogP contribution in [0, 0.1) is 5.92 Å². The summed E-state index contributed by atoms with van der Waals surface area (Å²) in [5, 5.41) is 25.3. The molecule has 38 heavy (non-hydrogen) atoms. The molecule has 2 aromatic rings. The molecule has 0 bridgehead atoms. The number of carbonyl (C=O) groups is 1. The molecular formula is C29H33F3N2O4. The number of likely N-dealkylation sites (tertiary alicyclic amines) is 1. The number of piperidine rings is 1. The first kappa shape index (κ1) is 26.6. The molecule has 2 aromatic carbocycles. The third kappa shape index (κ3) is 5.99. The number of alkyl halides is 3. The second-order valence-corrected chi connectivity index (χ2v) is 11.0. The molecule has 9 heteroatoms. The Balaban J connectivity index is 1.30. The number of β-amino-alcohol motifs (C(OH)–C–C–N with tert-alkyl or cyclic N) is 1. The van der Waals surface area contributed by atoms with Gasteiger partial charge in [-0.25, -0.2) is 0 Å². The minimum atomic E-state index is -4.79. The van der Waals surface area contributed by atoms with Crippen molar-refractivity contribution in [3.8, 4) is 11.5 Å². The first-order valence-electron chi connectivity index (χ1n) is 13.1. The summed E-state index contributed by atoms with van der Waals surface area (Å²) in [4.78, 5) is 15.2. The van der Waals surface area contributed by atoms with Gasteiger partial charge >= 0.3 is 6.36 Å². The summed E-state index contributed by atoms with van der Waals surface area (Å²) < 4.78 is 41.5. The number of nitrogens with zero attached hydrogens (tertiary/aromatic N) is 1. The van der Waals surface area contributed by atoms with Gasteiger partial charge in [-0.1, -0.05) is 24.3 Å². The quantitative estimate of drug-likeness (QED) is 0.450. The van der Waals surface area contributed by atoms with Crippen LogP contribution in [-0.2, 0) is 10.2 Å². The standard InChI is InChI=1S/C29H33F3N2O4/c30-29(31,32)38-25-6-1-3-20(15-25)9-10-26(36)33-23-11-12-28(37)19-34(18-21-7-8-21)14-13-27(28,17-23)22-4-2-5-24(35)16-22/h1-6,9-10,15-16,21,23,35,37H,7-8,11-14,17-19H2,(H,33,36)/b10-9+. The van der Waals surface area contributed by atoms with E-state index in [9.17, 15) is 28.2 Å². The lowest BCUT2D eigenvalue weighted by molar-refractivity contribution is -0.274. The number of halogens is 3. The molecule has 0 radical (unpaired) electrons. The smallest absolute Gasteiger partial charge is 0.508 e. The maximum Gasteiger partial charge on any atom is 0.573 e. The number of hydrogen-bond donors (Lipinski definition) is 3. The van der Waals surface area contributed by atoms with Crippen LogP contribution in [0.15, 0.2) is 54.6 Å². The largest absolute Gasteiger partial charge is 0.573 e. The molecule has 1 heterocycles. The van der Waals surface area contributed by atoms with Gasteiger partial charge in [-0.2, -0.15) is 0 Å². The molecule has 0 aromatic heterocycles. The van der Waals surface area contributed by atoms with Gasteiger partial charge in [-0.05, 0) is 92.5 Å². The Morgan fingerprint density at radius 3 is 2.66 bits per heavy atom. The average Bonchev–Trinajstić information content (AvgIpc) is 3.66. The maximum atomic E-state index is 12.8. The first-order chi connectivity index (χ1) is 18.0. The van der Waals surface area contributed by atoms with Crippen LogP contribution < -0.4 is 10.1 Å². The lowest BCUT2D eigenvalue weighted by Crippen LogP contribution is -2.67. The molecule has 3 N–H and O–H groups in total. The number of aliphatic hydroxyl groups is 1. The molecule has 5 rings (SSSR count). The Bertz CT molecular complexity index is 1200. The zero-order valence-corrected chi connectivity index (χ0v) is 21.1. The second kappa shape index (κ2) is 10.3. The predicted molar refractivity (Wildman–Crippen MR) is 136 cm³/mol. The SMILES string of the molecule is O=C(/C=C/c1cccc(OC(F)(F)F)c1)NC1CCC2(O)CN(CC3CC3)CCC2(c2cccc(O)c2)C1. The molecule has 204 valence electrons. The van der Waals surface area contributed by atoms with Gasteiger partial charge in [0, 0.05) is 30.6 Å². The molecule has 1 aliphatic heterocycles. The summed E-state index contributed by atoms with van der Waals surface area (Å²) in [6, 6.07) is 12.3. The number of aromatic hydroxyl groups is 1. The molecule has 1 saturated heterocycles. The number of amides is 1. The van der Waals surface area contributed by atoms with E-state index in [0.29, 0.717) is 37.8 Å². The van der Waals surface area contributed by atoms with Crippen molar-refractivity contribution in [1.82, 2.24) is 10.2 Å². The van der Waals surface area contributed by atoms with Crippen LogP contribution in [0.25, 0.3) is 6.08 Å². The third-order valence-electron chi connectivity index (χ3n) is 8.21. The van der Waals surface area contributed by atoms with E-state index in [1.54, 1.807) is 24.3 Å². The van der Waals surface area contributed by atoms with Crippen molar-refractivity contribution in [3.63, 3.8) is 0 Å². The fourth-order valence-corrected chi connectivity index (χ4v) is 6.24. The molecule has 2 saturated carbocycles. The van der Waals surface area contributed by atoms with E-state index < -0.39 is 17.4 Å². The van der Waals surface area contributed by atoms with Crippen LogP contribution in [0.5, 0.6) is 11.5 Å². The van der Waals surface area contributed by atoms with Gasteiger partial charge in [0.25, 0.3) is 0 Å². The van der Waals surface area contributed by atoms with Crippen molar-refractivity contribution >= 4 is 12.0 Å². The molecule has 3 fully saturated rings. The van der Waals surface area contributed by atoms with Crippen LogP contribution in [-0.4, -0.2) is 58.7 Å². The van der Waals surface area contributed by atoms with Gasteiger partial charge in [0.15, 0.2) is 0 Å². The van der Waals surface area contributed by atoms with E-state index in [-0.39, 0.29) is 23.4 Å². The van der Waals surface area contributed by atoms with E-state index in [4.69, 9.17) is 0 Å². The highest BCUT2D eigenvalue weighted by Gasteiger charge is 2.57. The molecule has 2 aliphatic carbocycles. The number of phenolic OH excluding ortho intramolecular Hbond substituents is 1. The summed E-state index contributed by atoms with van der Waals surface area (Å²) in [5.74, 6) is 0.146. The van der Waals surface area contributed by atoms with Crippen LogP contribution in [0.4, 0.5) is 13.2 Å². The van der Waals surface area contributed by atoms with E-state index in [2.05, 4.69) is 15.0 Å². The van der Waals surface area contributed by atoms with Crippen molar-refractivity contribution in [3.05, 3.63) is 65.7 Å². The maximum absolute atomic E-state index is 12.8. The van der Waals surface area contributed by atoms with Crippen LogP contribution >= 0.6 is 0 Å². The summed E-state index contributed by atoms with van der Waals surface area (Å²) >= 11 is 0. The molecule has 0 spiro atoms. The van der Waals surface area contributed by atoms with Crippen molar-refractivity contribution in [1.29, 1.82) is 0 Å². The van der Waals surface area contributed by atoms with Crippen molar-refractivity contribution in [2.24, 2.45) is 5.92 Å². The van der Waals surface area contributed by atoms with Gasteiger partial charge in [-0.15, -0.1) is 13.2 Å². The Morgan fingerprint density at radius 2 is 1.92 bits per heavy atom. The molecule has 3 aliphatic rings. The Labute approximate surface area is 220 Å². The van der Waals surface area contributed by atoms with E-state index in [1.807, 2.05) is 6.07 Å². The number of hydrogen-bond acceptors (Lipinski definition) is 5. The number of fused-ring (bicyclic) bond motifs is 1. The monoisotopic (exact) mass is 530 g/mol. The first-order valence-corrected chi connectivity index (χ1v) is 13.1. The number of carbonyl (C=O) groups excluding carboxylic acids is 1. The minimum Gasteiger partial charge on any atom is -0.508 e. The Hall–Kier alpha value is -3.04. The fourth-order valence-electron chi connectivity index (χ4n) is 6.24. The van der Waals surface area contributed by atoms with Gasteiger partial charge in [0.05, 0.1) is 5.60 Å². The number of benzene rings is 2. The number of nitrogens with one attached hydrogen (secondary N) is 1. The van der Waals surface area contributed by atoms with E-state index >= 15 is 0 Å². The highest BCUT2D eigenvalue weighted by Crippen LogP contribution is 2.52. The molecule has 6 nitrogen and oxygen atoms in total. The topological polar surface area (TPSA) is 82.0 Å². The molecule has 1 amide bonds. The van der Waals surface area contributed by atoms with Crippen molar-refractivity contribution < 1.29 is 32.9 Å². The fraction of sp³-hybridized carbons (Fsp3) is 0.483. The summed E-state index contributed by atoms with van der Waals surface area (Å²) in [7, 11) is 0. The van der Waals surface area contributed by atoms with Gasteiger partial charge < -0.3 is 25.2 Å². The average molecular weight is 531 g/mol. The zero-order chi connectivity index (χ0) is 27.0. The minimum absolute atomic E-state index is 0.144. The summed E-state index contributed by atoms with van der Waals surface area (Å²) in [5.41, 5.74) is -0.319. The van der Waals surface area contributed by atoms with Gasteiger partial charge in [0.2, 0.25) is 5.91 Å². The molecule has 3 unspecified atom stereocenters. The van der Waals surface area contributed by atoms with Crippen LogP contribution in [0.1, 0.15) is 49.7 Å². The van der Waals surface area contributed by atoms with Crippen molar-refractivity contribution in [2.75, 3.05) is 19.6 Å².